The maximum atomic E-state index is 2.45. The molecule has 0 fully saturated rings. The first-order valence-corrected chi connectivity index (χ1v) is 14.8. The lowest BCUT2D eigenvalue weighted by Crippen LogP contribution is -2.82. The van der Waals surface area contributed by atoms with Crippen molar-refractivity contribution in [3.8, 4) is 0 Å². The van der Waals surface area contributed by atoms with Gasteiger partial charge < -0.3 is 5.32 Å². The minimum atomic E-state index is 0.324. The van der Waals surface area contributed by atoms with E-state index in [-0.39, 0.29) is 0 Å². The second-order valence-corrected chi connectivity index (χ2v) is 12.4. The quantitative estimate of drug-likeness (QED) is 0.214. The fraction of sp³-hybridized carbons (Fsp3) is 0.500. The van der Waals surface area contributed by atoms with E-state index >= 15 is 0 Å². The smallest absolute Gasteiger partial charge is 0.101 e. The first-order valence-electron chi connectivity index (χ1n) is 14.8. The summed E-state index contributed by atoms with van der Waals surface area (Å²) in [7, 11) is 0. The van der Waals surface area contributed by atoms with E-state index in [0.717, 1.165) is 13.0 Å². The van der Waals surface area contributed by atoms with E-state index in [9.17, 15) is 0 Å². The largest absolute Gasteiger partial charge is 0.343 e. The molecule has 0 saturated heterocycles. The fourth-order valence-corrected chi connectivity index (χ4v) is 5.66. The summed E-state index contributed by atoms with van der Waals surface area (Å²) >= 11 is 0. The molecule has 37 heavy (non-hydrogen) atoms. The SMILES string of the molecule is CCCC[NH2+]Cc1ccc(C(CC(C)c2ccc(CC(C)(C)C)cc2)CC(CC)c2ccccc2)cc1. The van der Waals surface area contributed by atoms with Crippen LogP contribution in [0.1, 0.15) is 119 Å². The molecule has 200 valence electrons. The molecule has 0 aliphatic carbocycles. The molecule has 1 heteroatoms. The van der Waals surface area contributed by atoms with Crippen molar-refractivity contribution >= 4 is 0 Å². The van der Waals surface area contributed by atoms with Gasteiger partial charge in [0.1, 0.15) is 6.54 Å². The number of unbranched alkanes of at least 4 members (excludes halogenated alkanes) is 1. The summed E-state index contributed by atoms with van der Waals surface area (Å²) in [5.74, 6) is 1.67. The Morgan fingerprint density at radius 3 is 1.86 bits per heavy atom. The second kappa shape index (κ2) is 14.5. The normalized spacial score (nSPS) is 14.3. The summed E-state index contributed by atoms with van der Waals surface area (Å²) in [4.78, 5) is 0. The topological polar surface area (TPSA) is 16.6 Å². The molecule has 3 aromatic carbocycles. The maximum Gasteiger partial charge on any atom is 0.101 e. The van der Waals surface area contributed by atoms with Crippen LogP contribution in [0.2, 0.25) is 0 Å². The molecule has 3 atom stereocenters. The summed E-state index contributed by atoms with van der Waals surface area (Å²) in [5, 5.41) is 2.45. The lowest BCUT2D eigenvalue weighted by molar-refractivity contribution is -0.670. The molecular formula is C36H52N+. The van der Waals surface area contributed by atoms with Crippen molar-refractivity contribution in [3.63, 3.8) is 0 Å². The van der Waals surface area contributed by atoms with Crippen LogP contribution in [0, 0.1) is 5.41 Å². The zero-order valence-corrected chi connectivity index (χ0v) is 24.5. The van der Waals surface area contributed by atoms with E-state index in [4.69, 9.17) is 0 Å². The van der Waals surface area contributed by atoms with E-state index in [0.29, 0.717) is 23.2 Å². The minimum Gasteiger partial charge on any atom is -0.343 e. The van der Waals surface area contributed by atoms with Crippen molar-refractivity contribution in [1.29, 1.82) is 0 Å². The average molecular weight is 499 g/mol. The molecule has 0 spiro atoms. The fourth-order valence-electron chi connectivity index (χ4n) is 5.66. The van der Waals surface area contributed by atoms with Crippen LogP contribution in [-0.4, -0.2) is 6.54 Å². The molecule has 2 N–H and O–H groups in total. The van der Waals surface area contributed by atoms with Crippen LogP contribution < -0.4 is 5.32 Å². The van der Waals surface area contributed by atoms with Crippen molar-refractivity contribution in [1.82, 2.24) is 0 Å². The third kappa shape index (κ3) is 9.78. The Hall–Kier alpha value is -2.38. The maximum absolute atomic E-state index is 2.45. The van der Waals surface area contributed by atoms with E-state index in [1.54, 1.807) is 0 Å². The third-order valence-corrected chi connectivity index (χ3v) is 7.85. The van der Waals surface area contributed by atoms with Gasteiger partial charge in [0.15, 0.2) is 0 Å². The second-order valence-electron chi connectivity index (χ2n) is 12.4. The Morgan fingerprint density at radius 1 is 0.676 bits per heavy atom. The zero-order valence-electron chi connectivity index (χ0n) is 24.5. The molecule has 0 saturated carbocycles. The van der Waals surface area contributed by atoms with Crippen LogP contribution in [0.15, 0.2) is 78.9 Å². The lowest BCUT2D eigenvalue weighted by atomic mass is 9.78. The van der Waals surface area contributed by atoms with Crippen LogP contribution in [0.4, 0.5) is 0 Å². The molecule has 3 unspecified atom stereocenters. The van der Waals surface area contributed by atoms with Gasteiger partial charge in [-0.05, 0) is 77.5 Å². The number of nitrogens with two attached hydrogens (primary N) is 1. The van der Waals surface area contributed by atoms with E-state index in [2.05, 4.69) is 126 Å². The summed E-state index contributed by atoms with van der Waals surface area (Å²) in [6.45, 7) is 16.3. The highest BCUT2D eigenvalue weighted by Gasteiger charge is 2.22. The molecule has 0 aliphatic heterocycles. The van der Waals surface area contributed by atoms with Crippen LogP contribution in [0.3, 0.4) is 0 Å². The van der Waals surface area contributed by atoms with Crippen LogP contribution in [0.25, 0.3) is 0 Å². The van der Waals surface area contributed by atoms with Gasteiger partial charge in [0.25, 0.3) is 0 Å². The zero-order chi connectivity index (χ0) is 26.7. The minimum absolute atomic E-state index is 0.324. The summed E-state index contributed by atoms with van der Waals surface area (Å²) < 4.78 is 0. The van der Waals surface area contributed by atoms with Gasteiger partial charge in [0.05, 0.1) is 6.54 Å². The summed E-state index contributed by atoms with van der Waals surface area (Å²) in [6.07, 6.45) is 7.27. The highest BCUT2D eigenvalue weighted by molar-refractivity contribution is 5.30. The first-order chi connectivity index (χ1) is 17.8. The average Bonchev–Trinajstić information content (AvgIpc) is 2.89. The predicted molar refractivity (Wildman–Crippen MR) is 161 cm³/mol. The summed E-state index contributed by atoms with van der Waals surface area (Å²) in [5.41, 5.74) is 7.67. The summed E-state index contributed by atoms with van der Waals surface area (Å²) in [6, 6.07) is 30.2. The monoisotopic (exact) mass is 498 g/mol. The lowest BCUT2D eigenvalue weighted by Gasteiger charge is -2.27. The number of rotatable bonds is 14. The van der Waals surface area contributed by atoms with Gasteiger partial charge >= 0.3 is 0 Å². The number of quaternary nitrogens is 1. The predicted octanol–water partition coefficient (Wildman–Crippen LogP) is 9.00. The van der Waals surface area contributed by atoms with E-state index < -0.39 is 0 Å². The Labute approximate surface area is 228 Å². The van der Waals surface area contributed by atoms with Gasteiger partial charge in [-0.25, -0.2) is 0 Å². The Morgan fingerprint density at radius 2 is 1.27 bits per heavy atom. The number of hydrogen-bond acceptors (Lipinski definition) is 0. The molecule has 0 heterocycles. The molecule has 3 rings (SSSR count). The Kier molecular flexibility index (Phi) is 11.5. The molecule has 0 amide bonds. The van der Waals surface area contributed by atoms with Crippen molar-refractivity contribution in [2.75, 3.05) is 6.54 Å². The highest BCUT2D eigenvalue weighted by atomic mass is 14.8. The van der Waals surface area contributed by atoms with Crippen LogP contribution in [0.5, 0.6) is 0 Å². The molecule has 0 radical (unpaired) electrons. The van der Waals surface area contributed by atoms with Crippen LogP contribution in [-0.2, 0) is 13.0 Å². The van der Waals surface area contributed by atoms with Gasteiger partial charge in [-0.2, -0.15) is 0 Å². The van der Waals surface area contributed by atoms with Gasteiger partial charge in [-0.1, -0.05) is 127 Å². The molecular weight excluding hydrogens is 446 g/mol. The van der Waals surface area contributed by atoms with Gasteiger partial charge in [-0.15, -0.1) is 0 Å². The number of hydrogen-bond donors (Lipinski definition) is 1. The van der Waals surface area contributed by atoms with Crippen molar-refractivity contribution in [2.45, 2.75) is 104 Å². The van der Waals surface area contributed by atoms with Crippen molar-refractivity contribution in [2.24, 2.45) is 5.41 Å². The molecule has 0 bridgehead atoms. The van der Waals surface area contributed by atoms with Gasteiger partial charge in [-0.3, -0.25) is 0 Å². The van der Waals surface area contributed by atoms with Crippen molar-refractivity contribution < 1.29 is 5.32 Å². The van der Waals surface area contributed by atoms with E-state index in [1.807, 2.05) is 0 Å². The Balaban J connectivity index is 1.77. The van der Waals surface area contributed by atoms with Gasteiger partial charge in [0.2, 0.25) is 0 Å². The molecule has 0 aromatic heterocycles. The Bertz CT molecular complexity index is 1010. The molecule has 0 aliphatic rings. The van der Waals surface area contributed by atoms with E-state index in [1.165, 1.54) is 66.5 Å². The van der Waals surface area contributed by atoms with Gasteiger partial charge in [0, 0.05) is 5.56 Å². The molecule has 3 aromatic rings. The highest BCUT2D eigenvalue weighted by Crippen LogP contribution is 2.38. The third-order valence-electron chi connectivity index (χ3n) is 7.85. The number of benzene rings is 3. The first kappa shape index (κ1) is 29.2. The molecule has 1 nitrogen and oxygen atoms in total. The standard InChI is InChI=1S/C36H51N/c1-7-9-23-37-27-30-17-21-34(22-18-30)35(25-31(8-2)33-13-11-10-12-14-33)24-28(3)32-19-15-29(16-20-32)26-36(4,5)6/h10-22,28,31,35,37H,7-9,23-27H2,1-6H3/p+1. The van der Waals surface area contributed by atoms with Crippen molar-refractivity contribution in [3.05, 3.63) is 107 Å². The van der Waals surface area contributed by atoms with Crippen LogP contribution >= 0.6 is 0 Å².